The molecule has 4 unspecified atom stereocenters. The van der Waals surface area contributed by atoms with E-state index < -0.39 is 10.0 Å². The number of nitrogens with two attached hydrogens (primary N) is 1. The number of fused-ring (bicyclic) bond motifs is 2. The first-order chi connectivity index (χ1) is 13.0. The van der Waals surface area contributed by atoms with Gasteiger partial charge >= 0.3 is 0 Å². The lowest BCUT2D eigenvalue weighted by Crippen LogP contribution is -2.45. The molecule has 0 radical (unpaired) electrons. The predicted octanol–water partition coefficient (Wildman–Crippen LogP) is 2.27. The molecule has 1 heterocycles. The highest BCUT2D eigenvalue weighted by atomic mass is 35.5. The van der Waals surface area contributed by atoms with Crippen molar-refractivity contribution in [3.8, 4) is 0 Å². The zero-order valence-corrected chi connectivity index (χ0v) is 17.7. The van der Waals surface area contributed by atoms with Crippen molar-refractivity contribution in [2.24, 2.45) is 23.5 Å². The van der Waals surface area contributed by atoms with Crippen molar-refractivity contribution in [2.75, 3.05) is 13.1 Å². The van der Waals surface area contributed by atoms with E-state index in [1.54, 1.807) is 28.6 Å². The summed E-state index contributed by atoms with van der Waals surface area (Å²) in [6, 6.07) is 6.86. The number of hydrogen-bond donors (Lipinski definition) is 2. The van der Waals surface area contributed by atoms with Crippen molar-refractivity contribution in [1.82, 2.24) is 9.62 Å². The van der Waals surface area contributed by atoms with Crippen LogP contribution in [0, 0.1) is 17.8 Å². The molecule has 1 aromatic rings. The van der Waals surface area contributed by atoms with Crippen molar-refractivity contribution in [3.63, 3.8) is 0 Å². The van der Waals surface area contributed by atoms with Crippen LogP contribution in [0.25, 0.3) is 0 Å². The number of nitrogens with one attached hydrogen (secondary N) is 1. The molecule has 2 saturated carbocycles. The lowest BCUT2D eigenvalue weighted by molar-refractivity contribution is -0.127. The van der Waals surface area contributed by atoms with Crippen molar-refractivity contribution in [1.29, 1.82) is 0 Å². The summed E-state index contributed by atoms with van der Waals surface area (Å²) in [5.74, 6) is 0.911. The normalized spacial score (nSPS) is 30.0. The number of carbonyl (C=O) groups is 1. The Balaban J connectivity index is 0.00000225. The summed E-state index contributed by atoms with van der Waals surface area (Å²) in [5.41, 5.74) is 7.14. The molecular formula is C20H30ClN3O3S. The minimum absolute atomic E-state index is 0. The van der Waals surface area contributed by atoms with Gasteiger partial charge in [0.1, 0.15) is 0 Å². The minimum Gasteiger partial charge on any atom is -0.352 e. The van der Waals surface area contributed by atoms with Crippen LogP contribution in [0.3, 0.4) is 0 Å². The van der Waals surface area contributed by atoms with Crippen LogP contribution in [0.1, 0.15) is 44.1 Å². The average molecular weight is 428 g/mol. The van der Waals surface area contributed by atoms with Crippen molar-refractivity contribution >= 4 is 28.3 Å². The van der Waals surface area contributed by atoms with E-state index >= 15 is 0 Å². The second kappa shape index (κ2) is 8.69. The molecule has 1 aliphatic heterocycles. The molecule has 3 fully saturated rings. The maximum absolute atomic E-state index is 12.7. The fourth-order valence-corrected chi connectivity index (χ4v) is 6.58. The molecule has 0 spiro atoms. The van der Waals surface area contributed by atoms with Gasteiger partial charge < -0.3 is 11.1 Å². The van der Waals surface area contributed by atoms with E-state index in [0.29, 0.717) is 36.4 Å². The highest BCUT2D eigenvalue weighted by molar-refractivity contribution is 7.89. The third-order valence-corrected chi connectivity index (χ3v) is 8.54. The molecule has 3 aliphatic rings. The molecule has 2 aliphatic carbocycles. The number of carbonyl (C=O) groups excluding carboxylic acids is 1. The maximum Gasteiger partial charge on any atom is 0.243 e. The number of nitrogens with zero attached hydrogens (tertiary/aromatic N) is 1. The van der Waals surface area contributed by atoms with Gasteiger partial charge in [-0.15, -0.1) is 12.4 Å². The minimum atomic E-state index is -3.41. The van der Waals surface area contributed by atoms with Gasteiger partial charge in [-0.05, 0) is 61.6 Å². The largest absolute Gasteiger partial charge is 0.352 e. The van der Waals surface area contributed by atoms with Gasteiger partial charge in [0, 0.05) is 25.7 Å². The van der Waals surface area contributed by atoms with Crippen LogP contribution in [0.15, 0.2) is 29.2 Å². The van der Waals surface area contributed by atoms with Crippen molar-refractivity contribution in [3.05, 3.63) is 29.8 Å². The van der Waals surface area contributed by atoms with E-state index in [-0.39, 0.29) is 30.3 Å². The molecule has 1 amide bonds. The summed E-state index contributed by atoms with van der Waals surface area (Å²) in [6.45, 7) is 1.61. The third-order valence-electron chi connectivity index (χ3n) is 6.63. The molecule has 156 valence electrons. The Kier molecular flexibility index (Phi) is 6.69. The number of hydrogen-bond acceptors (Lipinski definition) is 4. The Morgan fingerprint density at radius 1 is 1.07 bits per heavy atom. The average Bonchev–Trinajstić information content (AvgIpc) is 3.28. The summed E-state index contributed by atoms with van der Waals surface area (Å²) in [6.07, 6.45) is 6.30. The summed E-state index contributed by atoms with van der Waals surface area (Å²) in [5, 5.41) is 3.00. The summed E-state index contributed by atoms with van der Waals surface area (Å²) < 4.78 is 27.0. The van der Waals surface area contributed by atoms with E-state index in [1.807, 2.05) is 0 Å². The number of rotatable bonds is 5. The molecule has 6 nitrogen and oxygen atoms in total. The molecule has 28 heavy (non-hydrogen) atoms. The highest BCUT2D eigenvalue weighted by Crippen LogP contribution is 2.47. The Labute approximate surface area is 173 Å². The van der Waals surface area contributed by atoms with Gasteiger partial charge in [-0.2, -0.15) is 4.31 Å². The molecule has 8 heteroatoms. The van der Waals surface area contributed by atoms with Gasteiger partial charge in [0.25, 0.3) is 0 Å². The summed E-state index contributed by atoms with van der Waals surface area (Å²) in [4.78, 5) is 12.9. The molecule has 4 atom stereocenters. The molecule has 1 aromatic carbocycles. The molecule has 1 saturated heterocycles. The molecular weight excluding hydrogens is 398 g/mol. The van der Waals surface area contributed by atoms with Gasteiger partial charge in [0.2, 0.25) is 15.9 Å². The van der Waals surface area contributed by atoms with Gasteiger partial charge in [-0.25, -0.2) is 8.42 Å². The van der Waals surface area contributed by atoms with Gasteiger partial charge in [-0.3, -0.25) is 4.79 Å². The number of benzene rings is 1. The summed E-state index contributed by atoms with van der Waals surface area (Å²) >= 11 is 0. The standard InChI is InChI=1S/C20H29N3O3S.ClH/c21-19-16-7-6-15(12-16)18(19)20(24)22-13-14-4-8-17(9-5-14)27(25,26)23-10-2-1-3-11-23;/h4-5,8-9,15-16,18-19H,1-3,6-7,10-13,21H2,(H,22,24);1H. The fraction of sp³-hybridized carbons (Fsp3) is 0.650. The third kappa shape index (κ3) is 4.08. The van der Waals surface area contributed by atoms with Crippen LogP contribution in [0.4, 0.5) is 0 Å². The van der Waals surface area contributed by atoms with Crippen molar-refractivity contribution in [2.45, 2.75) is 56.0 Å². The van der Waals surface area contributed by atoms with Crippen molar-refractivity contribution < 1.29 is 13.2 Å². The summed E-state index contributed by atoms with van der Waals surface area (Å²) in [7, 11) is -3.41. The number of piperidine rings is 1. The van der Waals surface area contributed by atoms with E-state index in [0.717, 1.165) is 44.1 Å². The van der Waals surface area contributed by atoms with Gasteiger partial charge in [0.15, 0.2) is 0 Å². The topological polar surface area (TPSA) is 92.5 Å². The van der Waals surface area contributed by atoms with Crippen LogP contribution >= 0.6 is 12.4 Å². The van der Waals surface area contributed by atoms with Gasteiger partial charge in [-0.1, -0.05) is 18.6 Å². The molecule has 0 aromatic heterocycles. The molecule has 4 rings (SSSR count). The Morgan fingerprint density at radius 3 is 2.32 bits per heavy atom. The fourth-order valence-electron chi connectivity index (χ4n) is 5.07. The van der Waals surface area contributed by atoms with E-state index in [2.05, 4.69) is 5.32 Å². The second-order valence-electron chi connectivity index (χ2n) is 8.26. The molecule has 3 N–H and O–H groups in total. The van der Waals surface area contributed by atoms with E-state index in [1.165, 1.54) is 0 Å². The van der Waals surface area contributed by atoms with Crippen LogP contribution in [0.2, 0.25) is 0 Å². The first kappa shape index (κ1) is 21.6. The van der Waals surface area contributed by atoms with Crippen LogP contribution in [-0.2, 0) is 21.4 Å². The maximum atomic E-state index is 12.7. The SMILES string of the molecule is Cl.NC1C2CCC(C2)C1C(=O)NCc1ccc(S(=O)(=O)N2CCCCC2)cc1. The van der Waals surface area contributed by atoms with E-state index in [4.69, 9.17) is 5.73 Å². The van der Waals surface area contributed by atoms with Crippen LogP contribution in [-0.4, -0.2) is 37.8 Å². The number of sulfonamides is 1. The Hall–Kier alpha value is -1.15. The highest BCUT2D eigenvalue weighted by Gasteiger charge is 2.48. The van der Waals surface area contributed by atoms with Gasteiger partial charge in [0.05, 0.1) is 10.8 Å². The van der Waals surface area contributed by atoms with Crippen LogP contribution in [0.5, 0.6) is 0 Å². The lowest BCUT2D eigenvalue weighted by atomic mass is 9.84. The second-order valence-corrected chi connectivity index (χ2v) is 10.2. The lowest BCUT2D eigenvalue weighted by Gasteiger charge is -2.27. The smallest absolute Gasteiger partial charge is 0.243 e. The number of amides is 1. The Bertz CT molecular complexity index is 791. The quantitative estimate of drug-likeness (QED) is 0.753. The first-order valence-electron chi connectivity index (χ1n) is 10.1. The zero-order valence-electron chi connectivity index (χ0n) is 16.0. The first-order valence-corrected chi connectivity index (χ1v) is 11.5. The number of halogens is 1. The monoisotopic (exact) mass is 427 g/mol. The Morgan fingerprint density at radius 2 is 1.71 bits per heavy atom. The predicted molar refractivity (Wildman–Crippen MR) is 110 cm³/mol. The molecule has 2 bridgehead atoms. The van der Waals surface area contributed by atoms with E-state index in [9.17, 15) is 13.2 Å². The zero-order chi connectivity index (χ0) is 19.0. The van der Waals surface area contributed by atoms with Crippen LogP contribution < -0.4 is 11.1 Å².